The molecule has 0 fully saturated rings. The number of hydrogen-bond acceptors (Lipinski definition) is 3. The summed E-state index contributed by atoms with van der Waals surface area (Å²) in [6.07, 6.45) is 2.54. The second-order valence-corrected chi connectivity index (χ2v) is 5.43. The minimum absolute atomic E-state index is 0.108. The maximum Gasteiger partial charge on any atom is 0.303 e. The zero-order valence-electron chi connectivity index (χ0n) is 11.6. The van der Waals surface area contributed by atoms with Crippen LogP contribution in [0.25, 0.3) is 0 Å². The van der Waals surface area contributed by atoms with Crippen molar-refractivity contribution in [2.45, 2.75) is 33.1 Å². The fourth-order valence-corrected chi connectivity index (χ4v) is 1.73. The van der Waals surface area contributed by atoms with Crippen LogP contribution < -0.4 is 5.32 Å². The number of carbonyl (C=O) groups excluding carboxylic acids is 1. The third-order valence-electron chi connectivity index (χ3n) is 3.09. The number of rotatable bonds is 7. The van der Waals surface area contributed by atoms with E-state index in [-0.39, 0.29) is 23.3 Å². The van der Waals surface area contributed by atoms with Gasteiger partial charge in [0.25, 0.3) is 5.91 Å². The van der Waals surface area contributed by atoms with E-state index in [2.05, 4.69) is 10.3 Å². The molecule has 1 aromatic rings. The Morgan fingerprint density at radius 1 is 1.40 bits per heavy atom. The third kappa shape index (κ3) is 5.77. The maximum atomic E-state index is 12.9. The van der Waals surface area contributed by atoms with Crippen molar-refractivity contribution in [3.8, 4) is 0 Å². The summed E-state index contributed by atoms with van der Waals surface area (Å²) >= 11 is 0. The summed E-state index contributed by atoms with van der Waals surface area (Å²) in [5.74, 6) is -1.88. The molecule has 0 radical (unpaired) electrons. The number of carboxylic acids is 1. The van der Waals surface area contributed by atoms with Crippen LogP contribution in [0.3, 0.4) is 0 Å². The maximum absolute atomic E-state index is 12.9. The van der Waals surface area contributed by atoms with Crippen LogP contribution in [0.2, 0.25) is 0 Å². The lowest BCUT2D eigenvalue weighted by atomic mass is 9.84. The average Bonchev–Trinajstić information content (AvgIpc) is 2.36. The normalized spacial score (nSPS) is 11.2. The van der Waals surface area contributed by atoms with Gasteiger partial charge in [-0.3, -0.25) is 9.59 Å². The van der Waals surface area contributed by atoms with E-state index in [4.69, 9.17) is 5.11 Å². The Morgan fingerprint density at radius 3 is 2.70 bits per heavy atom. The van der Waals surface area contributed by atoms with Gasteiger partial charge in [-0.15, -0.1) is 0 Å². The first-order valence-electron chi connectivity index (χ1n) is 6.42. The molecule has 0 atom stereocenters. The number of nitrogens with one attached hydrogen (secondary N) is 1. The summed E-state index contributed by atoms with van der Waals surface area (Å²) in [6, 6.07) is 2.51. The molecular formula is C14H19FN2O3. The van der Waals surface area contributed by atoms with Crippen LogP contribution in [0.15, 0.2) is 18.3 Å². The monoisotopic (exact) mass is 282 g/mol. The van der Waals surface area contributed by atoms with Gasteiger partial charge in [0.2, 0.25) is 5.95 Å². The molecule has 1 aromatic heterocycles. The van der Waals surface area contributed by atoms with Crippen molar-refractivity contribution in [3.05, 3.63) is 29.8 Å². The summed E-state index contributed by atoms with van der Waals surface area (Å²) in [4.78, 5) is 25.7. The first kappa shape index (κ1) is 16.1. The van der Waals surface area contributed by atoms with Crippen molar-refractivity contribution in [1.29, 1.82) is 0 Å². The van der Waals surface area contributed by atoms with Gasteiger partial charge in [0, 0.05) is 30.8 Å². The van der Waals surface area contributed by atoms with E-state index >= 15 is 0 Å². The topological polar surface area (TPSA) is 79.3 Å². The Balaban J connectivity index is 2.40. The van der Waals surface area contributed by atoms with Crippen molar-refractivity contribution in [2.24, 2.45) is 5.41 Å². The SMILES string of the molecule is CC(C)(CCNC(=O)c1ccnc(F)c1)CCC(=O)O. The smallest absolute Gasteiger partial charge is 0.303 e. The van der Waals surface area contributed by atoms with Crippen molar-refractivity contribution in [1.82, 2.24) is 10.3 Å². The molecule has 0 spiro atoms. The molecule has 110 valence electrons. The van der Waals surface area contributed by atoms with Crippen molar-refractivity contribution < 1.29 is 19.1 Å². The fraction of sp³-hybridized carbons (Fsp3) is 0.500. The summed E-state index contributed by atoms with van der Waals surface area (Å²) in [6.45, 7) is 4.32. The Hall–Kier alpha value is -1.98. The predicted octanol–water partition coefficient (Wildman–Crippen LogP) is 2.23. The first-order chi connectivity index (χ1) is 9.30. The minimum atomic E-state index is -0.825. The number of aliphatic carboxylic acids is 1. The first-order valence-corrected chi connectivity index (χ1v) is 6.42. The lowest BCUT2D eigenvalue weighted by Gasteiger charge is -2.23. The standard InChI is InChI=1S/C14H19FN2O3/c1-14(2,5-3-12(18)19)6-8-17-13(20)10-4-7-16-11(15)9-10/h4,7,9H,3,5-6,8H2,1-2H3,(H,17,20)(H,18,19). The molecule has 20 heavy (non-hydrogen) atoms. The molecule has 1 amide bonds. The van der Waals surface area contributed by atoms with E-state index in [1.54, 1.807) is 0 Å². The summed E-state index contributed by atoms with van der Waals surface area (Å²) in [7, 11) is 0. The number of nitrogens with zero attached hydrogens (tertiary/aromatic N) is 1. The Kier molecular flexibility index (Phi) is 5.61. The van der Waals surface area contributed by atoms with Crippen LogP contribution in [0.5, 0.6) is 0 Å². The van der Waals surface area contributed by atoms with Crippen LogP contribution in [0.1, 0.15) is 43.5 Å². The zero-order valence-corrected chi connectivity index (χ0v) is 11.6. The second kappa shape index (κ2) is 6.98. The highest BCUT2D eigenvalue weighted by Gasteiger charge is 2.19. The molecule has 0 aromatic carbocycles. The van der Waals surface area contributed by atoms with Gasteiger partial charge in [0.1, 0.15) is 0 Å². The van der Waals surface area contributed by atoms with E-state index in [0.717, 1.165) is 6.07 Å². The predicted molar refractivity (Wildman–Crippen MR) is 71.8 cm³/mol. The van der Waals surface area contributed by atoms with E-state index in [0.29, 0.717) is 19.4 Å². The Labute approximate surface area is 117 Å². The zero-order chi connectivity index (χ0) is 15.2. The summed E-state index contributed by atoms with van der Waals surface area (Å²) in [5.41, 5.74) is 0.0515. The highest BCUT2D eigenvalue weighted by Crippen LogP contribution is 2.26. The van der Waals surface area contributed by atoms with E-state index < -0.39 is 11.9 Å². The Bertz CT molecular complexity index is 489. The molecule has 1 heterocycles. The van der Waals surface area contributed by atoms with E-state index in [9.17, 15) is 14.0 Å². The van der Waals surface area contributed by atoms with Crippen LogP contribution in [-0.2, 0) is 4.79 Å². The molecule has 0 aliphatic heterocycles. The highest BCUT2D eigenvalue weighted by atomic mass is 19.1. The number of halogens is 1. The number of aromatic nitrogens is 1. The minimum Gasteiger partial charge on any atom is -0.481 e. The summed E-state index contributed by atoms with van der Waals surface area (Å²) < 4.78 is 12.9. The third-order valence-corrected chi connectivity index (χ3v) is 3.09. The number of carbonyl (C=O) groups is 2. The molecule has 6 heteroatoms. The van der Waals surface area contributed by atoms with Gasteiger partial charge in [-0.25, -0.2) is 4.98 Å². The average molecular weight is 282 g/mol. The van der Waals surface area contributed by atoms with Gasteiger partial charge in [-0.05, 0) is 24.3 Å². The van der Waals surface area contributed by atoms with Gasteiger partial charge >= 0.3 is 5.97 Å². The van der Waals surface area contributed by atoms with Gasteiger partial charge < -0.3 is 10.4 Å². The molecule has 0 aliphatic rings. The van der Waals surface area contributed by atoms with E-state index in [1.165, 1.54) is 12.3 Å². The number of amides is 1. The molecule has 0 saturated heterocycles. The largest absolute Gasteiger partial charge is 0.481 e. The van der Waals surface area contributed by atoms with Crippen molar-refractivity contribution >= 4 is 11.9 Å². The van der Waals surface area contributed by atoms with E-state index in [1.807, 2.05) is 13.8 Å². The molecular weight excluding hydrogens is 263 g/mol. The molecule has 2 N–H and O–H groups in total. The number of pyridine rings is 1. The van der Waals surface area contributed by atoms with Crippen LogP contribution in [-0.4, -0.2) is 28.5 Å². The van der Waals surface area contributed by atoms with Crippen molar-refractivity contribution in [3.63, 3.8) is 0 Å². The number of carboxylic acid groups (broad SMARTS) is 1. The quantitative estimate of drug-likeness (QED) is 0.752. The van der Waals surface area contributed by atoms with Crippen LogP contribution in [0, 0.1) is 11.4 Å². The highest BCUT2D eigenvalue weighted by molar-refractivity contribution is 5.93. The van der Waals surface area contributed by atoms with Gasteiger partial charge in [0.05, 0.1) is 0 Å². The van der Waals surface area contributed by atoms with Gasteiger partial charge in [-0.2, -0.15) is 4.39 Å². The Morgan fingerprint density at radius 2 is 2.10 bits per heavy atom. The molecule has 0 saturated carbocycles. The molecule has 5 nitrogen and oxygen atoms in total. The van der Waals surface area contributed by atoms with Crippen molar-refractivity contribution in [2.75, 3.05) is 6.54 Å². The molecule has 0 bridgehead atoms. The van der Waals surface area contributed by atoms with Gasteiger partial charge in [0.15, 0.2) is 0 Å². The molecule has 0 aliphatic carbocycles. The summed E-state index contributed by atoms with van der Waals surface area (Å²) in [5, 5.41) is 11.3. The second-order valence-electron chi connectivity index (χ2n) is 5.43. The number of hydrogen-bond donors (Lipinski definition) is 2. The lowest BCUT2D eigenvalue weighted by Crippen LogP contribution is -2.28. The molecule has 0 unspecified atom stereocenters. The fourth-order valence-electron chi connectivity index (χ4n) is 1.73. The molecule has 1 rings (SSSR count). The van der Waals surface area contributed by atoms with Crippen LogP contribution >= 0.6 is 0 Å². The van der Waals surface area contributed by atoms with Crippen LogP contribution in [0.4, 0.5) is 4.39 Å². The van der Waals surface area contributed by atoms with Gasteiger partial charge in [-0.1, -0.05) is 13.8 Å². The lowest BCUT2D eigenvalue weighted by molar-refractivity contribution is -0.137.